The molecule has 2 rings (SSSR count). The monoisotopic (exact) mass is 390 g/mol. The number of aryl methyl sites for hydroxylation is 1. The van der Waals surface area contributed by atoms with Crippen LogP contribution in [0.5, 0.6) is 5.75 Å². The molecule has 0 aliphatic heterocycles. The Morgan fingerprint density at radius 2 is 2.09 bits per heavy atom. The zero-order chi connectivity index (χ0) is 17.0. The fourth-order valence-corrected chi connectivity index (χ4v) is 2.41. The smallest absolute Gasteiger partial charge is 0.266 e. The van der Waals surface area contributed by atoms with Gasteiger partial charge < -0.3 is 10.4 Å². The number of hydrogen-bond donors (Lipinski definition) is 2. The number of nitrogens with zero attached hydrogens (tertiary/aromatic N) is 1. The minimum atomic E-state index is -0.572. The maximum atomic E-state index is 12.3. The Labute approximate surface area is 147 Å². The number of amides is 1. The van der Waals surface area contributed by atoms with E-state index >= 15 is 0 Å². The van der Waals surface area contributed by atoms with Gasteiger partial charge in [0.1, 0.15) is 17.4 Å². The lowest BCUT2D eigenvalue weighted by Crippen LogP contribution is -2.14. The van der Waals surface area contributed by atoms with Gasteiger partial charge in [0.15, 0.2) is 0 Å². The van der Waals surface area contributed by atoms with Crippen molar-refractivity contribution in [1.82, 2.24) is 0 Å². The Morgan fingerprint density at radius 1 is 1.35 bits per heavy atom. The number of carbonyl (C=O) groups excluding carboxylic acids is 1. The number of benzene rings is 2. The molecule has 0 fully saturated rings. The number of phenolic OH excluding ortho intramolecular Hbond substituents is 1. The number of nitriles is 1. The number of aromatic hydroxyl groups is 1. The van der Waals surface area contributed by atoms with E-state index in [-0.39, 0.29) is 11.3 Å². The van der Waals surface area contributed by atoms with Crippen LogP contribution in [0.1, 0.15) is 11.1 Å². The molecule has 6 heteroatoms. The Hall–Kier alpha value is -2.29. The summed E-state index contributed by atoms with van der Waals surface area (Å²) in [5, 5.41) is 22.2. The second kappa shape index (κ2) is 7.32. The summed E-state index contributed by atoms with van der Waals surface area (Å²) in [6.07, 6.45) is 1.33. The Balaban J connectivity index is 2.32. The van der Waals surface area contributed by atoms with Crippen LogP contribution in [-0.2, 0) is 4.79 Å². The third kappa shape index (κ3) is 4.35. The average Bonchev–Trinajstić information content (AvgIpc) is 2.51. The first kappa shape index (κ1) is 17.1. The average molecular weight is 392 g/mol. The Kier molecular flexibility index (Phi) is 5.43. The van der Waals surface area contributed by atoms with Gasteiger partial charge in [0.2, 0.25) is 0 Å². The molecule has 0 heterocycles. The molecule has 1 amide bonds. The van der Waals surface area contributed by atoms with E-state index in [4.69, 9.17) is 11.6 Å². The van der Waals surface area contributed by atoms with Crippen LogP contribution in [0.4, 0.5) is 5.69 Å². The van der Waals surface area contributed by atoms with Gasteiger partial charge >= 0.3 is 0 Å². The summed E-state index contributed by atoms with van der Waals surface area (Å²) in [4.78, 5) is 12.3. The number of halogens is 2. The summed E-state index contributed by atoms with van der Waals surface area (Å²) >= 11 is 9.19. The number of hydrogen-bond acceptors (Lipinski definition) is 3. The van der Waals surface area contributed by atoms with Crippen molar-refractivity contribution in [2.45, 2.75) is 6.92 Å². The molecule has 0 aliphatic rings. The van der Waals surface area contributed by atoms with Gasteiger partial charge in [-0.1, -0.05) is 33.6 Å². The lowest BCUT2D eigenvalue weighted by Gasteiger charge is -2.08. The Bertz CT molecular complexity index is 841. The van der Waals surface area contributed by atoms with Crippen LogP contribution in [-0.4, -0.2) is 11.0 Å². The molecule has 0 aliphatic carbocycles. The zero-order valence-electron chi connectivity index (χ0n) is 12.1. The van der Waals surface area contributed by atoms with Crippen molar-refractivity contribution in [3.05, 3.63) is 62.6 Å². The van der Waals surface area contributed by atoms with Gasteiger partial charge in [-0.15, -0.1) is 0 Å². The molecule has 0 unspecified atom stereocenters. The third-order valence-corrected chi connectivity index (χ3v) is 3.83. The van der Waals surface area contributed by atoms with Crippen molar-refractivity contribution in [3.8, 4) is 11.8 Å². The van der Waals surface area contributed by atoms with Crippen LogP contribution in [0, 0.1) is 18.3 Å². The van der Waals surface area contributed by atoms with Crippen molar-refractivity contribution in [3.63, 3.8) is 0 Å². The van der Waals surface area contributed by atoms with Crippen LogP contribution >= 0.6 is 27.5 Å². The summed E-state index contributed by atoms with van der Waals surface area (Å²) < 4.78 is 0.727. The van der Waals surface area contributed by atoms with Gasteiger partial charge in [0.25, 0.3) is 5.91 Å². The van der Waals surface area contributed by atoms with Crippen LogP contribution in [0.25, 0.3) is 6.08 Å². The molecule has 23 heavy (non-hydrogen) atoms. The zero-order valence-corrected chi connectivity index (χ0v) is 14.4. The molecule has 0 spiro atoms. The molecule has 2 N–H and O–H groups in total. The van der Waals surface area contributed by atoms with E-state index in [1.807, 2.05) is 13.0 Å². The fourth-order valence-electron chi connectivity index (χ4n) is 1.86. The molecule has 2 aromatic rings. The molecule has 0 radical (unpaired) electrons. The molecule has 0 saturated carbocycles. The minimum absolute atomic E-state index is 0.0207. The Morgan fingerprint density at radius 3 is 2.78 bits per heavy atom. The van der Waals surface area contributed by atoms with Crippen LogP contribution < -0.4 is 5.32 Å². The maximum absolute atomic E-state index is 12.3. The molecule has 116 valence electrons. The van der Waals surface area contributed by atoms with Gasteiger partial charge in [-0.3, -0.25) is 4.79 Å². The first-order chi connectivity index (χ1) is 10.9. The van der Waals surface area contributed by atoms with Crippen molar-refractivity contribution >= 4 is 45.2 Å². The second-order valence-electron chi connectivity index (χ2n) is 4.79. The largest absolute Gasteiger partial charge is 0.507 e. The predicted octanol–water partition coefficient (Wildman–Crippen LogP) is 4.66. The van der Waals surface area contributed by atoms with Crippen LogP contribution in [0.15, 0.2) is 46.4 Å². The van der Waals surface area contributed by atoms with Crippen LogP contribution in [0.3, 0.4) is 0 Å². The number of rotatable bonds is 3. The van der Waals surface area contributed by atoms with E-state index < -0.39 is 5.91 Å². The van der Waals surface area contributed by atoms with Gasteiger partial charge in [-0.05, 0) is 48.9 Å². The lowest BCUT2D eigenvalue weighted by atomic mass is 10.1. The summed E-state index contributed by atoms with van der Waals surface area (Å²) in [5.41, 5.74) is 1.60. The standard InChI is InChI=1S/C17H12BrClN2O2/c1-10-2-4-14(19)8-15(10)21-17(23)12(9-20)6-11-7-13(18)3-5-16(11)22/h2-8,22H,1H3,(H,21,23). The van der Waals surface area contributed by atoms with E-state index in [0.717, 1.165) is 10.0 Å². The molecule has 0 aromatic heterocycles. The first-order valence-electron chi connectivity index (χ1n) is 6.58. The van der Waals surface area contributed by atoms with E-state index in [0.29, 0.717) is 16.3 Å². The highest BCUT2D eigenvalue weighted by Gasteiger charge is 2.12. The van der Waals surface area contributed by atoms with Crippen molar-refractivity contribution in [2.24, 2.45) is 0 Å². The molecule has 0 saturated heterocycles. The number of phenols is 1. The molecule has 0 bridgehead atoms. The van der Waals surface area contributed by atoms with E-state index in [1.165, 1.54) is 12.1 Å². The lowest BCUT2D eigenvalue weighted by molar-refractivity contribution is -0.112. The number of anilines is 1. The quantitative estimate of drug-likeness (QED) is 0.590. The SMILES string of the molecule is Cc1ccc(Cl)cc1NC(=O)C(C#N)=Cc1cc(Br)ccc1O. The first-order valence-corrected chi connectivity index (χ1v) is 7.75. The van der Waals surface area contributed by atoms with Crippen molar-refractivity contribution < 1.29 is 9.90 Å². The van der Waals surface area contributed by atoms with Crippen molar-refractivity contribution in [2.75, 3.05) is 5.32 Å². The van der Waals surface area contributed by atoms with Crippen LogP contribution in [0.2, 0.25) is 5.02 Å². The van der Waals surface area contributed by atoms with E-state index in [2.05, 4.69) is 21.2 Å². The predicted molar refractivity (Wildman–Crippen MR) is 94.2 cm³/mol. The molecule has 4 nitrogen and oxygen atoms in total. The normalized spacial score (nSPS) is 11.0. The van der Waals surface area contributed by atoms with E-state index in [9.17, 15) is 15.2 Å². The van der Waals surface area contributed by atoms with Gasteiger partial charge in [-0.2, -0.15) is 5.26 Å². The highest BCUT2D eigenvalue weighted by Crippen LogP contribution is 2.25. The summed E-state index contributed by atoms with van der Waals surface area (Å²) in [6.45, 7) is 1.82. The highest BCUT2D eigenvalue weighted by atomic mass is 79.9. The number of carbonyl (C=O) groups is 1. The molecule has 0 atom stereocenters. The third-order valence-electron chi connectivity index (χ3n) is 3.10. The van der Waals surface area contributed by atoms with E-state index in [1.54, 1.807) is 30.3 Å². The van der Waals surface area contributed by atoms with Crippen molar-refractivity contribution in [1.29, 1.82) is 5.26 Å². The summed E-state index contributed by atoms with van der Waals surface area (Å²) in [6, 6.07) is 11.7. The molecular weight excluding hydrogens is 380 g/mol. The molecule has 2 aromatic carbocycles. The highest BCUT2D eigenvalue weighted by molar-refractivity contribution is 9.10. The topological polar surface area (TPSA) is 73.1 Å². The van der Waals surface area contributed by atoms with Gasteiger partial charge in [-0.25, -0.2) is 0 Å². The fraction of sp³-hybridized carbons (Fsp3) is 0.0588. The minimum Gasteiger partial charge on any atom is -0.507 e. The summed E-state index contributed by atoms with van der Waals surface area (Å²) in [7, 11) is 0. The molecular formula is C17H12BrClN2O2. The second-order valence-corrected chi connectivity index (χ2v) is 6.14. The summed E-state index contributed by atoms with van der Waals surface area (Å²) in [5.74, 6) is -0.593. The van der Waals surface area contributed by atoms with Gasteiger partial charge in [0, 0.05) is 20.7 Å². The van der Waals surface area contributed by atoms with Gasteiger partial charge in [0.05, 0.1) is 0 Å². The maximum Gasteiger partial charge on any atom is 0.266 e. The number of nitrogens with one attached hydrogen (secondary N) is 1.